The first-order valence-electron chi connectivity index (χ1n) is 9.03. The van der Waals surface area contributed by atoms with Crippen LogP contribution in [-0.2, 0) is 17.1 Å². The van der Waals surface area contributed by atoms with Gasteiger partial charge in [-0.1, -0.05) is 0 Å². The van der Waals surface area contributed by atoms with Crippen LogP contribution < -0.4 is 15.4 Å². The second-order valence-electron chi connectivity index (χ2n) is 6.67. The third-order valence-electron chi connectivity index (χ3n) is 4.74. The molecule has 2 aromatic rings. The van der Waals surface area contributed by atoms with E-state index in [1.165, 1.54) is 6.20 Å². The predicted molar refractivity (Wildman–Crippen MR) is 106 cm³/mol. The largest absolute Gasteiger partial charge is 0.369 e. The molecule has 0 spiro atoms. The number of hydrogen-bond donors (Lipinski definition) is 3. The highest BCUT2D eigenvalue weighted by atomic mass is 32.2. The Balaban J connectivity index is 1.60. The number of anilines is 2. The summed E-state index contributed by atoms with van der Waals surface area (Å²) in [4.78, 5) is 6.74. The van der Waals surface area contributed by atoms with Crippen LogP contribution in [0.1, 0.15) is 11.4 Å². The zero-order valence-electron chi connectivity index (χ0n) is 16.0. The van der Waals surface area contributed by atoms with E-state index >= 15 is 0 Å². The third-order valence-corrected chi connectivity index (χ3v) is 6.07. The molecule has 0 bridgehead atoms. The fraction of sp³-hybridized carbons (Fsp3) is 0.529. The molecule has 148 valence electrons. The molecule has 1 aliphatic heterocycles. The van der Waals surface area contributed by atoms with Crippen molar-refractivity contribution >= 4 is 21.5 Å². The minimum absolute atomic E-state index is 0.123. The molecule has 0 aliphatic carbocycles. The van der Waals surface area contributed by atoms with Crippen LogP contribution in [0.4, 0.5) is 11.5 Å². The van der Waals surface area contributed by atoms with Gasteiger partial charge in [0, 0.05) is 52.5 Å². The monoisotopic (exact) mass is 393 g/mol. The summed E-state index contributed by atoms with van der Waals surface area (Å²) in [5, 5.41) is 10.8. The van der Waals surface area contributed by atoms with E-state index in [1.807, 2.05) is 6.92 Å². The van der Waals surface area contributed by atoms with E-state index in [4.69, 9.17) is 0 Å². The van der Waals surface area contributed by atoms with Crippen molar-refractivity contribution in [2.45, 2.75) is 18.7 Å². The second kappa shape index (κ2) is 8.24. The number of aryl methyl sites for hydroxylation is 2. The van der Waals surface area contributed by atoms with Crippen molar-refractivity contribution in [3.8, 4) is 0 Å². The SMILES string of the molecule is Cc1nn(C)c(C)c1NS(=O)(=O)c1ccc(NCCN2CCNCC2)nc1. The van der Waals surface area contributed by atoms with Crippen LogP contribution >= 0.6 is 0 Å². The summed E-state index contributed by atoms with van der Waals surface area (Å²) in [5.41, 5.74) is 1.91. The van der Waals surface area contributed by atoms with E-state index in [2.05, 4.69) is 30.3 Å². The zero-order chi connectivity index (χ0) is 19.4. The van der Waals surface area contributed by atoms with Gasteiger partial charge in [-0.2, -0.15) is 5.10 Å². The molecule has 27 heavy (non-hydrogen) atoms. The molecule has 1 saturated heterocycles. The van der Waals surface area contributed by atoms with Crippen LogP contribution in [0.25, 0.3) is 0 Å². The topological polar surface area (TPSA) is 104 Å². The van der Waals surface area contributed by atoms with Crippen molar-refractivity contribution in [3.05, 3.63) is 29.7 Å². The number of sulfonamides is 1. The minimum atomic E-state index is -3.71. The Kier molecular flexibility index (Phi) is 5.98. The Morgan fingerprint density at radius 1 is 1.22 bits per heavy atom. The molecule has 0 aromatic carbocycles. The summed E-state index contributed by atoms with van der Waals surface area (Å²) in [5.74, 6) is 0.665. The lowest BCUT2D eigenvalue weighted by molar-refractivity contribution is 0.249. The maximum Gasteiger partial charge on any atom is 0.263 e. The van der Waals surface area contributed by atoms with Crippen molar-refractivity contribution < 1.29 is 8.42 Å². The van der Waals surface area contributed by atoms with Gasteiger partial charge >= 0.3 is 0 Å². The first kappa shape index (κ1) is 19.6. The third kappa shape index (κ3) is 4.76. The van der Waals surface area contributed by atoms with Gasteiger partial charge in [-0.3, -0.25) is 14.3 Å². The summed E-state index contributed by atoms with van der Waals surface area (Å²) in [6.45, 7) is 9.43. The molecule has 3 heterocycles. The van der Waals surface area contributed by atoms with Gasteiger partial charge in [0.05, 0.1) is 17.1 Å². The molecule has 2 aromatic heterocycles. The van der Waals surface area contributed by atoms with Gasteiger partial charge in [-0.15, -0.1) is 0 Å². The molecule has 9 nitrogen and oxygen atoms in total. The molecule has 0 unspecified atom stereocenters. The van der Waals surface area contributed by atoms with Crippen molar-refractivity contribution in [2.24, 2.45) is 7.05 Å². The summed E-state index contributed by atoms with van der Waals surface area (Å²) < 4.78 is 29.5. The molecule has 3 rings (SSSR count). The number of nitrogens with one attached hydrogen (secondary N) is 3. The van der Waals surface area contributed by atoms with Gasteiger partial charge in [0.25, 0.3) is 10.0 Å². The van der Waals surface area contributed by atoms with E-state index in [0.29, 0.717) is 17.2 Å². The molecule has 3 N–H and O–H groups in total. The highest BCUT2D eigenvalue weighted by Gasteiger charge is 2.19. The van der Waals surface area contributed by atoms with Crippen LogP contribution in [0.3, 0.4) is 0 Å². The van der Waals surface area contributed by atoms with Gasteiger partial charge in [-0.25, -0.2) is 13.4 Å². The molecule has 0 amide bonds. The number of piperazine rings is 1. The van der Waals surface area contributed by atoms with E-state index in [0.717, 1.165) is 45.0 Å². The van der Waals surface area contributed by atoms with E-state index in [9.17, 15) is 8.42 Å². The van der Waals surface area contributed by atoms with Gasteiger partial charge in [0.1, 0.15) is 10.7 Å². The normalized spacial score (nSPS) is 15.7. The Hall–Kier alpha value is -2.17. The minimum Gasteiger partial charge on any atom is -0.369 e. The second-order valence-corrected chi connectivity index (χ2v) is 8.35. The van der Waals surface area contributed by atoms with Crippen molar-refractivity contribution in [1.82, 2.24) is 25.0 Å². The average Bonchev–Trinajstić information content (AvgIpc) is 2.89. The van der Waals surface area contributed by atoms with E-state index < -0.39 is 10.0 Å². The number of pyridine rings is 1. The quantitative estimate of drug-likeness (QED) is 0.631. The summed E-state index contributed by atoms with van der Waals surface area (Å²) in [6, 6.07) is 3.25. The molecular formula is C17H27N7O2S. The van der Waals surface area contributed by atoms with Gasteiger partial charge in [0.15, 0.2) is 0 Å². The first-order chi connectivity index (χ1) is 12.9. The fourth-order valence-corrected chi connectivity index (χ4v) is 4.16. The van der Waals surface area contributed by atoms with Gasteiger partial charge in [-0.05, 0) is 26.0 Å². The summed E-state index contributed by atoms with van der Waals surface area (Å²) in [7, 11) is -1.93. The predicted octanol–water partition coefficient (Wildman–Crippen LogP) is 0.550. The summed E-state index contributed by atoms with van der Waals surface area (Å²) >= 11 is 0. The number of aromatic nitrogens is 3. The molecule has 0 atom stereocenters. The van der Waals surface area contributed by atoms with E-state index in [-0.39, 0.29) is 4.90 Å². The van der Waals surface area contributed by atoms with Crippen LogP contribution in [-0.4, -0.2) is 67.4 Å². The smallest absolute Gasteiger partial charge is 0.263 e. The van der Waals surface area contributed by atoms with Gasteiger partial charge < -0.3 is 10.6 Å². The van der Waals surface area contributed by atoms with Crippen molar-refractivity contribution in [3.63, 3.8) is 0 Å². The van der Waals surface area contributed by atoms with Crippen LogP contribution in [0.15, 0.2) is 23.2 Å². The highest BCUT2D eigenvalue weighted by Crippen LogP contribution is 2.22. The molecule has 0 radical (unpaired) electrons. The lowest BCUT2D eigenvalue weighted by atomic mass is 10.3. The number of nitrogens with zero attached hydrogens (tertiary/aromatic N) is 4. The Morgan fingerprint density at radius 3 is 2.56 bits per heavy atom. The molecule has 0 saturated carbocycles. The maximum atomic E-state index is 12.6. The molecular weight excluding hydrogens is 366 g/mol. The van der Waals surface area contributed by atoms with Crippen LogP contribution in [0.5, 0.6) is 0 Å². The number of hydrogen-bond acceptors (Lipinski definition) is 7. The van der Waals surface area contributed by atoms with Crippen molar-refractivity contribution in [1.29, 1.82) is 0 Å². The standard InChI is InChI=1S/C17H27N7O2S/c1-13-17(14(2)23(3)21-13)22-27(25,26)15-4-5-16(20-12-15)19-8-11-24-9-6-18-7-10-24/h4-5,12,18,22H,6-11H2,1-3H3,(H,19,20). The Morgan fingerprint density at radius 2 is 1.96 bits per heavy atom. The molecule has 1 aliphatic rings. The van der Waals surface area contributed by atoms with E-state index in [1.54, 1.807) is 30.8 Å². The lowest BCUT2D eigenvalue weighted by Gasteiger charge is -2.27. The highest BCUT2D eigenvalue weighted by molar-refractivity contribution is 7.92. The average molecular weight is 394 g/mol. The van der Waals surface area contributed by atoms with Crippen molar-refractivity contribution in [2.75, 3.05) is 49.3 Å². The van der Waals surface area contributed by atoms with Crippen LogP contribution in [0.2, 0.25) is 0 Å². The summed E-state index contributed by atoms with van der Waals surface area (Å²) in [6.07, 6.45) is 1.37. The zero-order valence-corrected chi connectivity index (χ0v) is 16.8. The molecule has 1 fully saturated rings. The Bertz CT molecular complexity index is 871. The fourth-order valence-electron chi connectivity index (χ4n) is 3.04. The maximum absolute atomic E-state index is 12.6. The molecule has 10 heteroatoms. The van der Waals surface area contributed by atoms with Gasteiger partial charge in [0.2, 0.25) is 0 Å². The van der Waals surface area contributed by atoms with Crippen LogP contribution in [0, 0.1) is 13.8 Å². The Labute approximate surface area is 160 Å². The lowest BCUT2D eigenvalue weighted by Crippen LogP contribution is -2.45. The first-order valence-corrected chi connectivity index (χ1v) is 10.5. The number of rotatable bonds is 7.